The molecular formula is C26H34N6O. The van der Waals surface area contributed by atoms with E-state index >= 15 is 0 Å². The standard InChI is InChI=1S/C26H34N6O/c1-20-18-31(16-13-28-20)19-21-7-9-24(10-8-21)30(2)26(33)32-14-11-23(12-15-32)29-25-6-4-3-5-22(25)17-27/h3-10,20,23,28-29H,11-16,18-19H2,1-2H3/t20-/m0/s1. The van der Waals surface area contributed by atoms with Crippen molar-refractivity contribution in [3.05, 3.63) is 59.7 Å². The molecule has 2 aliphatic heterocycles. The first-order valence-corrected chi connectivity index (χ1v) is 11.9. The number of hydrogen-bond acceptors (Lipinski definition) is 5. The summed E-state index contributed by atoms with van der Waals surface area (Å²) in [5, 5.41) is 16.2. The maximum atomic E-state index is 13.1. The summed E-state index contributed by atoms with van der Waals surface area (Å²) < 4.78 is 0. The van der Waals surface area contributed by atoms with E-state index in [1.54, 1.807) is 4.90 Å². The van der Waals surface area contributed by atoms with Crippen molar-refractivity contribution < 1.29 is 4.79 Å². The fourth-order valence-corrected chi connectivity index (χ4v) is 4.70. The predicted molar refractivity (Wildman–Crippen MR) is 132 cm³/mol. The van der Waals surface area contributed by atoms with E-state index < -0.39 is 0 Å². The van der Waals surface area contributed by atoms with E-state index in [1.165, 1.54) is 5.56 Å². The number of urea groups is 1. The molecule has 2 fully saturated rings. The number of likely N-dealkylation sites (tertiary alicyclic amines) is 1. The van der Waals surface area contributed by atoms with Crippen LogP contribution in [0.25, 0.3) is 0 Å². The normalized spacial score (nSPS) is 19.7. The van der Waals surface area contributed by atoms with Gasteiger partial charge in [0.25, 0.3) is 0 Å². The van der Waals surface area contributed by atoms with E-state index in [0.29, 0.717) is 24.7 Å². The van der Waals surface area contributed by atoms with Gasteiger partial charge in [-0.1, -0.05) is 24.3 Å². The van der Waals surface area contributed by atoms with E-state index in [9.17, 15) is 10.1 Å². The largest absolute Gasteiger partial charge is 0.381 e. The highest BCUT2D eigenvalue weighted by atomic mass is 16.2. The van der Waals surface area contributed by atoms with Gasteiger partial charge in [-0.2, -0.15) is 5.26 Å². The molecule has 0 radical (unpaired) electrons. The summed E-state index contributed by atoms with van der Waals surface area (Å²) in [6.45, 7) is 7.74. The number of hydrogen-bond donors (Lipinski definition) is 2. The fourth-order valence-electron chi connectivity index (χ4n) is 4.70. The van der Waals surface area contributed by atoms with Crippen LogP contribution in [0.5, 0.6) is 0 Å². The molecule has 174 valence electrons. The summed E-state index contributed by atoms with van der Waals surface area (Å²) in [7, 11) is 1.85. The van der Waals surface area contributed by atoms with Crippen LogP contribution in [0.3, 0.4) is 0 Å². The molecule has 0 bridgehead atoms. The van der Waals surface area contributed by atoms with Crippen LogP contribution in [0.15, 0.2) is 48.5 Å². The van der Waals surface area contributed by atoms with Gasteiger partial charge in [-0.25, -0.2) is 4.79 Å². The van der Waals surface area contributed by atoms with Crippen molar-refractivity contribution in [1.29, 1.82) is 5.26 Å². The number of para-hydroxylation sites is 1. The highest BCUT2D eigenvalue weighted by Crippen LogP contribution is 2.22. The maximum absolute atomic E-state index is 13.1. The first kappa shape index (κ1) is 23.1. The topological polar surface area (TPSA) is 74.6 Å². The van der Waals surface area contributed by atoms with Gasteiger partial charge in [-0.05, 0) is 49.6 Å². The number of piperidine rings is 1. The van der Waals surface area contributed by atoms with Gasteiger partial charge in [0.15, 0.2) is 0 Å². The molecule has 7 nitrogen and oxygen atoms in total. The summed E-state index contributed by atoms with van der Waals surface area (Å²) in [6.07, 6.45) is 1.72. The summed E-state index contributed by atoms with van der Waals surface area (Å²) >= 11 is 0. The lowest BCUT2D eigenvalue weighted by Crippen LogP contribution is -2.48. The highest BCUT2D eigenvalue weighted by molar-refractivity contribution is 5.91. The molecule has 2 heterocycles. The minimum atomic E-state index is 0.0366. The van der Waals surface area contributed by atoms with Gasteiger partial charge in [-0.15, -0.1) is 0 Å². The third-order valence-electron chi connectivity index (χ3n) is 6.64. The highest BCUT2D eigenvalue weighted by Gasteiger charge is 2.26. The lowest BCUT2D eigenvalue weighted by atomic mass is 10.0. The van der Waals surface area contributed by atoms with Crippen molar-refractivity contribution >= 4 is 17.4 Å². The lowest BCUT2D eigenvalue weighted by Gasteiger charge is -2.35. The molecule has 2 N–H and O–H groups in total. The Bertz CT molecular complexity index is 977. The Kier molecular flexibility index (Phi) is 7.48. The molecule has 7 heteroatoms. The second-order valence-electron chi connectivity index (χ2n) is 9.16. The first-order chi connectivity index (χ1) is 16.0. The van der Waals surface area contributed by atoms with Crippen molar-refractivity contribution in [2.75, 3.05) is 50.0 Å². The predicted octanol–water partition coefficient (Wildman–Crippen LogP) is 3.48. The molecule has 2 aromatic carbocycles. The van der Waals surface area contributed by atoms with Crippen molar-refractivity contribution in [2.24, 2.45) is 0 Å². The number of nitrogens with one attached hydrogen (secondary N) is 2. The van der Waals surface area contributed by atoms with E-state index in [2.05, 4.69) is 40.7 Å². The minimum absolute atomic E-state index is 0.0366. The zero-order chi connectivity index (χ0) is 23.2. The molecule has 0 saturated carbocycles. The van der Waals surface area contributed by atoms with Crippen molar-refractivity contribution in [3.8, 4) is 6.07 Å². The van der Waals surface area contributed by atoms with Gasteiger partial charge in [0, 0.05) is 64.1 Å². The minimum Gasteiger partial charge on any atom is -0.381 e. The molecule has 2 amide bonds. The number of anilines is 2. The number of carbonyl (C=O) groups is 1. The molecule has 2 saturated heterocycles. The molecule has 1 atom stereocenters. The maximum Gasteiger partial charge on any atom is 0.324 e. The van der Waals surface area contributed by atoms with Gasteiger partial charge in [-0.3, -0.25) is 9.80 Å². The summed E-state index contributed by atoms with van der Waals surface area (Å²) in [5.41, 5.74) is 3.72. The average molecular weight is 447 g/mol. The Morgan fingerprint density at radius 3 is 2.58 bits per heavy atom. The Morgan fingerprint density at radius 2 is 1.88 bits per heavy atom. The Balaban J connectivity index is 1.28. The van der Waals surface area contributed by atoms with Crippen LogP contribution in [0.1, 0.15) is 30.9 Å². The van der Waals surface area contributed by atoms with Gasteiger partial charge in [0.2, 0.25) is 0 Å². The van der Waals surface area contributed by atoms with Crippen molar-refractivity contribution in [1.82, 2.24) is 15.1 Å². The number of rotatable bonds is 5. The van der Waals surface area contributed by atoms with Crippen LogP contribution < -0.4 is 15.5 Å². The summed E-state index contributed by atoms with van der Waals surface area (Å²) in [6, 6.07) is 19.0. The molecular weight excluding hydrogens is 412 g/mol. The molecule has 4 rings (SSSR count). The van der Waals surface area contributed by atoms with E-state index in [4.69, 9.17) is 0 Å². The smallest absolute Gasteiger partial charge is 0.324 e. The molecule has 33 heavy (non-hydrogen) atoms. The molecule has 0 aliphatic carbocycles. The number of nitrogens with zero attached hydrogens (tertiary/aromatic N) is 4. The van der Waals surface area contributed by atoms with E-state index in [0.717, 1.165) is 50.4 Å². The van der Waals surface area contributed by atoms with Crippen LogP contribution >= 0.6 is 0 Å². The third kappa shape index (κ3) is 5.84. The van der Waals surface area contributed by atoms with Crippen molar-refractivity contribution in [2.45, 2.75) is 38.4 Å². The van der Waals surface area contributed by atoms with E-state index in [1.807, 2.05) is 48.3 Å². The second-order valence-corrected chi connectivity index (χ2v) is 9.16. The van der Waals surface area contributed by atoms with E-state index in [-0.39, 0.29) is 12.1 Å². The van der Waals surface area contributed by atoms with Crippen molar-refractivity contribution in [3.63, 3.8) is 0 Å². The van der Waals surface area contributed by atoms with Crippen LogP contribution in [0.2, 0.25) is 0 Å². The molecule has 0 unspecified atom stereocenters. The number of piperazine rings is 1. The van der Waals surface area contributed by atoms with Crippen LogP contribution in [0, 0.1) is 11.3 Å². The first-order valence-electron chi connectivity index (χ1n) is 11.9. The van der Waals surface area contributed by atoms with Gasteiger partial charge in [0.05, 0.1) is 11.3 Å². The van der Waals surface area contributed by atoms with Crippen LogP contribution in [0.4, 0.5) is 16.2 Å². The lowest BCUT2D eigenvalue weighted by molar-refractivity contribution is 0.191. The van der Waals surface area contributed by atoms with Gasteiger partial charge in [0.1, 0.15) is 6.07 Å². The summed E-state index contributed by atoms with van der Waals surface area (Å²) in [5.74, 6) is 0. The average Bonchev–Trinajstić information content (AvgIpc) is 2.84. The Hall–Kier alpha value is -3.08. The fraction of sp³-hybridized carbons (Fsp3) is 0.462. The number of benzene rings is 2. The Morgan fingerprint density at radius 1 is 1.15 bits per heavy atom. The molecule has 2 aliphatic rings. The molecule has 0 spiro atoms. The van der Waals surface area contributed by atoms with Crippen LogP contribution in [-0.4, -0.2) is 67.7 Å². The zero-order valence-electron chi connectivity index (χ0n) is 19.6. The molecule has 0 aromatic heterocycles. The van der Waals surface area contributed by atoms with Crippen LogP contribution in [-0.2, 0) is 6.54 Å². The number of carbonyl (C=O) groups excluding carboxylic acids is 1. The number of amides is 2. The zero-order valence-corrected chi connectivity index (χ0v) is 19.6. The number of nitriles is 1. The quantitative estimate of drug-likeness (QED) is 0.736. The summed E-state index contributed by atoms with van der Waals surface area (Å²) in [4.78, 5) is 19.2. The molecule has 2 aromatic rings. The monoisotopic (exact) mass is 446 g/mol. The second kappa shape index (κ2) is 10.7. The van der Waals surface area contributed by atoms with Gasteiger partial charge < -0.3 is 15.5 Å². The Labute approximate surface area is 197 Å². The third-order valence-corrected chi connectivity index (χ3v) is 6.64. The van der Waals surface area contributed by atoms with Gasteiger partial charge >= 0.3 is 6.03 Å². The SMILES string of the molecule is C[C@H]1CN(Cc2ccc(N(C)C(=O)N3CCC(Nc4ccccc4C#N)CC3)cc2)CCN1.